The van der Waals surface area contributed by atoms with Crippen LogP contribution in [0.2, 0.25) is 0 Å². The van der Waals surface area contributed by atoms with Crippen LogP contribution in [0, 0.1) is 5.41 Å². The summed E-state index contributed by atoms with van der Waals surface area (Å²) in [7, 11) is 2.15. The van der Waals surface area contributed by atoms with Crippen molar-refractivity contribution in [1.29, 1.82) is 0 Å². The van der Waals surface area contributed by atoms with E-state index in [4.69, 9.17) is 5.73 Å². The second-order valence-electron chi connectivity index (χ2n) is 4.79. The lowest BCUT2D eigenvalue weighted by molar-refractivity contribution is 0.156. The first-order chi connectivity index (χ1) is 5.27. The van der Waals surface area contributed by atoms with E-state index in [1.54, 1.807) is 0 Å². The first kappa shape index (κ1) is 11.9. The van der Waals surface area contributed by atoms with Crippen molar-refractivity contribution >= 4 is 0 Å². The standard InChI is InChI=1S/C10H24N2/c1-8(2)12(6)7-10(4,5)9(3)11/h8-9H,7,11H2,1-6H3. The fraction of sp³-hybridized carbons (Fsp3) is 1.00. The minimum Gasteiger partial charge on any atom is -0.327 e. The Morgan fingerprint density at radius 3 is 1.92 bits per heavy atom. The maximum Gasteiger partial charge on any atom is 0.00739 e. The summed E-state index contributed by atoms with van der Waals surface area (Å²) < 4.78 is 0. The van der Waals surface area contributed by atoms with Crippen LogP contribution < -0.4 is 5.73 Å². The molecule has 0 saturated heterocycles. The van der Waals surface area contributed by atoms with Crippen molar-refractivity contribution in [2.45, 2.75) is 46.7 Å². The van der Waals surface area contributed by atoms with Crippen LogP contribution in [0.15, 0.2) is 0 Å². The molecule has 2 heteroatoms. The molecule has 1 unspecified atom stereocenters. The Morgan fingerprint density at radius 2 is 1.67 bits per heavy atom. The van der Waals surface area contributed by atoms with Gasteiger partial charge < -0.3 is 10.6 Å². The van der Waals surface area contributed by atoms with Gasteiger partial charge in [-0.25, -0.2) is 0 Å². The van der Waals surface area contributed by atoms with Gasteiger partial charge in [-0.05, 0) is 33.2 Å². The minimum atomic E-state index is 0.207. The molecule has 0 fully saturated rings. The Balaban J connectivity index is 4.05. The molecule has 0 aromatic heterocycles. The molecule has 0 aromatic rings. The summed E-state index contributed by atoms with van der Waals surface area (Å²) in [5.41, 5.74) is 6.10. The van der Waals surface area contributed by atoms with Crippen LogP contribution in [0.1, 0.15) is 34.6 Å². The number of rotatable bonds is 4. The number of hydrogen-bond donors (Lipinski definition) is 1. The SMILES string of the molecule is CC(C)N(C)CC(C)(C)C(C)N. The van der Waals surface area contributed by atoms with E-state index in [2.05, 4.69) is 46.6 Å². The molecule has 2 N–H and O–H groups in total. The molecule has 2 nitrogen and oxygen atoms in total. The maximum absolute atomic E-state index is 5.89. The van der Waals surface area contributed by atoms with Gasteiger partial charge in [-0.1, -0.05) is 13.8 Å². The Labute approximate surface area is 77.1 Å². The highest BCUT2D eigenvalue weighted by Crippen LogP contribution is 2.20. The summed E-state index contributed by atoms with van der Waals surface area (Å²) in [6.07, 6.45) is 0. The first-order valence-electron chi connectivity index (χ1n) is 4.73. The molecule has 74 valence electrons. The van der Waals surface area contributed by atoms with E-state index in [-0.39, 0.29) is 11.5 Å². The molecule has 0 aliphatic carbocycles. The zero-order valence-electron chi connectivity index (χ0n) is 9.39. The molecular formula is C10H24N2. The van der Waals surface area contributed by atoms with Gasteiger partial charge in [0.25, 0.3) is 0 Å². The average Bonchev–Trinajstić information content (AvgIpc) is 1.85. The van der Waals surface area contributed by atoms with Crippen molar-refractivity contribution in [3.05, 3.63) is 0 Å². The zero-order chi connectivity index (χ0) is 9.94. The Morgan fingerprint density at radius 1 is 1.25 bits per heavy atom. The highest BCUT2D eigenvalue weighted by Gasteiger charge is 2.25. The van der Waals surface area contributed by atoms with E-state index in [9.17, 15) is 0 Å². The molecule has 0 aliphatic heterocycles. The van der Waals surface area contributed by atoms with E-state index in [0.717, 1.165) is 6.54 Å². The van der Waals surface area contributed by atoms with Crippen molar-refractivity contribution in [1.82, 2.24) is 4.90 Å². The Kier molecular flexibility index (Phi) is 4.21. The van der Waals surface area contributed by atoms with E-state index >= 15 is 0 Å². The molecule has 0 aliphatic rings. The van der Waals surface area contributed by atoms with Gasteiger partial charge in [-0.2, -0.15) is 0 Å². The third kappa shape index (κ3) is 3.55. The van der Waals surface area contributed by atoms with Crippen LogP contribution in [0.3, 0.4) is 0 Å². The van der Waals surface area contributed by atoms with Gasteiger partial charge in [0.2, 0.25) is 0 Å². The molecule has 0 saturated carbocycles. The first-order valence-corrected chi connectivity index (χ1v) is 4.73. The molecule has 0 radical (unpaired) electrons. The minimum absolute atomic E-state index is 0.207. The summed E-state index contributed by atoms with van der Waals surface area (Å²) in [6.45, 7) is 12.0. The lowest BCUT2D eigenvalue weighted by atomic mass is 9.85. The lowest BCUT2D eigenvalue weighted by Crippen LogP contribution is -2.44. The van der Waals surface area contributed by atoms with Crippen molar-refractivity contribution in [3.63, 3.8) is 0 Å². The topological polar surface area (TPSA) is 29.3 Å². The van der Waals surface area contributed by atoms with Crippen molar-refractivity contribution in [2.24, 2.45) is 11.1 Å². The summed E-state index contributed by atoms with van der Waals surface area (Å²) in [6, 6.07) is 0.849. The second-order valence-corrected chi connectivity index (χ2v) is 4.79. The highest BCUT2D eigenvalue weighted by atomic mass is 15.1. The number of nitrogens with zero attached hydrogens (tertiary/aromatic N) is 1. The van der Waals surface area contributed by atoms with Crippen LogP contribution in [0.5, 0.6) is 0 Å². The van der Waals surface area contributed by atoms with Gasteiger partial charge in [0.1, 0.15) is 0 Å². The van der Waals surface area contributed by atoms with Gasteiger partial charge in [-0.15, -0.1) is 0 Å². The van der Waals surface area contributed by atoms with Crippen molar-refractivity contribution < 1.29 is 0 Å². The largest absolute Gasteiger partial charge is 0.327 e. The number of hydrogen-bond acceptors (Lipinski definition) is 2. The van der Waals surface area contributed by atoms with Crippen LogP contribution >= 0.6 is 0 Å². The fourth-order valence-electron chi connectivity index (χ4n) is 0.969. The molecule has 0 spiro atoms. The summed E-state index contributed by atoms with van der Waals surface area (Å²) >= 11 is 0. The van der Waals surface area contributed by atoms with Gasteiger partial charge in [-0.3, -0.25) is 0 Å². The summed E-state index contributed by atoms with van der Waals surface area (Å²) in [5.74, 6) is 0. The molecule has 0 aromatic carbocycles. The van der Waals surface area contributed by atoms with E-state index in [1.807, 2.05) is 0 Å². The average molecular weight is 172 g/mol. The van der Waals surface area contributed by atoms with Crippen molar-refractivity contribution in [3.8, 4) is 0 Å². The quantitative estimate of drug-likeness (QED) is 0.699. The molecule has 0 amide bonds. The van der Waals surface area contributed by atoms with Gasteiger partial charge in [0, 0.05) is 18.6 Å². The van der Waals surface area contributed by atoms with Crippen molar-refractivity contribution in [2.75, 3.05) is 13.6 Å². The lowest BCUT2D eigenvalue weighted by Gasteiger charge is -2.35. The van der Waals surface area contributed by atoms with Gasteiger partial charge >= 0.3 is 0 Å². The fourth-order valence-corrected chi connectivity index (χ4v) is 0.969. The Bertz CT molecular complexity index is 128. The van der Waals surface area contributed by atoms with E-state index in [1.165, 1.54) is 0 Å². The Hall–Kier alpha value is -0.0800. The monoisotopic (exact) mass is 172 g/mol. The number of nitrogens with two attached hydrogens (primary N) is 1. The predicted molar refractivity (Wildman–Crippen MR) is 55.2 cm³/mol. The molecule has 0 rings (SSSR count). The normalized spacial score (nSPS) is 15.8. The smallest absolute Gasteiger partial charge is 0.00739 e. The van der Waals surface area contributed by atoms with Crippen LogP contribution in [-0.4, -0.2) is 30.6 Å². The third-order valence-corrected chi connectivity index (χ3v) is 2.77. The van der Waals surface area contributed by atoms with Crippen LogP contribution in [0.4, 0.5) is 0 Å². The van der Waals surface area contributed by atoms with Crippen LogP contribution in [-0.2, 0) is 0 Å². The van der Waals surface area contributed by atoms with E-state index < -0.39 is 0 Å². The summed E-state index contributed by atoms with van der Waals surface area (Å²) in [5, 5.41) is 0. The third-order valence-electron chi connectivity index (χ3n) is 2.77. The molecular weight excluding hydrogens is 148 g/mol. The highest BCUT2D eigenvalue weighted by molar-refractivity contribution is 4.81. The van der Waals surface area contributed by atoms with E-state index in [0.29, 0.717) is 6.04 Å². The second kappa shape index (κ2) is 4.24. The summed E-state index contributed by atoms with van der Waals surface area (Å²) in [4.78, 5) is 2.34. The molecule has 12 heavy (non-hydrogen) atoms. The zero-order valence-corrected chi connectivity index (χ0v) is 9.39. The van der Waals surface area contributed by atoms with Crippen LogP contribution in [0.25, 0.3) is 0 Å². The molecule has 0 heterocycles. The maximum atomic E-state index is 5.89. The van der Waals surface area contributed by atoms with Gasteiger partial charge in [0.05, 0.1) is 0 Å². The molecule has 0 bridgehead atoms. The predicted octanol–water partition coefficient (Wildman–Crippen LogP) is 1.70. The molecule has 1 atom stereocenters. The van der Waals surface area contributed by atoms with Gasteiger partial charge in [0.15, 0.2) is 0 Å².